The van der Waals surface area contributed by atoms with Gasteiger partial charge in [-0.3, -0.25) is 4.79 Å². The van der Waals surface area contributed by atoms with Crippen LogP contribution in [-0.2, 0) is 0 Å². The molecule has 4 nitrogen and oxygen atoms in total. The van der Waals surface area contributed by atoms with E-state index >= 15 is 0 Å². The lowest BCUT2D eigenvalue weighted by atomic mass is 10.2. The highest BCUT2D eigenvalue weighted by atomic mass is 79.9. The Morgan fingerprint density at radius 1 is 1.04 bits per heavy atom. The molecule has 3 aromatic rings. The SMILES string of the molecule is Cc1ccccc1NC(=O)c1ccnc(Nc2ccc(Br)cc2)c1. The van der Waals surface area contributed by atoms with E-state index in [-0.39, 0.29) is 5.91 Å². The van der Waals surface area contributed by atoms with E-state index in [1.165, 1.54) is 0 Å². The maximum Gasteiger partial charge on any atom is 0.255 e. The molecule has 3 rings (SSSR count). The number of nitrogens with one attached hydrogen (secondary N) is 2. The first-order valence-electron chi connectivity index (χ1n) is 7.47. The van der Waals surface area contributed by atoms with Crippen LogP contribution in [0.25, 0.3) is 0 Å². The summed E-state index contributed by atoms with van der Waals surface area (Å²) < 4.78 is 1.01. The van der Waals surface area contributed by atoms with Crippen LogP contribution in [0.3, 0.4) is 0 Å². The number of anilines is 3. The number of para-hydroxylation sites is 1. The number of nitrogens with zero attached hydrogens (tertiary/aromatic N) is 1. The van der Waals surface area contributed by atoms with Crippen LogP contribution in [0.1, 0.15) is 15.9 Å². The van der Waals surface area contributed by atoms with Gasteiger partial charge < -0.3 is 10.6 Å². The number of rotatable bonds is 4. The van der Waals surface area contributed by atoms with E-state index in [0.29, 0.717) is 11.4 Å². The molecule has 0 aliphatic heterocycles. The van der Waals surface area contributed by atoms with Gasteiger partial charge in [0.15, 0.2) is 0 Å². The second kappa shape index (κ2) is 7.27. The van der Waals surface area contributed by atoms with Gasteiger partial charge in [0.05, 0.1) is 0 Å². The smallest absolute Gasteiger partial charge is 0.255 e. The number of hydrogen-bond acceptors (Lipinski definition) is 3. The van der Waals surface area contributed by atoms with Crippen molar-refractivity contribution in [2.75, 3.05) is 10.6 Å². The van der Waals surface area contributed by atoms with Crippen molar-refractivity contribution in [3.8, 4) is 0 Å². The molecule has 0 spiro atoms. The summed E-state index contributed by atoms with van der Waals surface area (Å²) in [5, 5.41) is 6.11. The minimum Gasteiger partial charge on any atom is -0.340 e. The van der Waals surface area contributed by atoms with Gasteiger partial charge in [0, 0.05) is 27.6 Å². The van der Waals surface area contributed by atoms with Crippen molar-refractivity contribution in [2.45, 2.75) is 6.92 Å². The standard InChI is InChI=1S/C19H16BrN3O/c1-13-4-2-3-5-17(13)23-19(24)14-10-11-21-18(12-14)22-16-8-6-15(20)7-9-16/h2-12H,1H3,(H,21,22)(H,23,24). The lowest BCUT2D eigenvalue weighted by Gasteiger charge is -2.10. The molecule has 1 amide bonds. The van der Waals surface area contributed by atoms with E-state index in [0.717, 1.165) is 21.4 Å². The first-order chi connectivity index (χ1) is 11.6. The monoisotopic (exact) mass is 381 g/mol. The van der Waals surface area contributed by atoms with Crippen molar-refractivity contribution >= 4 is 39.0 Å². The fourth-order valence-electron chi connectivity index (χ4n) is 2.23. The molecule has 120 valence electrons. The Kier molecular flexibility index (Phi) is 4.91. The molecule has 1 heterocycles. The fraction of sp³-hybridized carbons (Fsp3) is 0.0526. The lowest BCUT2D eigenvalue weighted by molar-refractivity contribution is 0.102. The quantitative estimate of drug-likeness (QED) is 0.656. The van der Waals surface area contributed by atoms with Gasteiger partial charge in [-0.1, -0.05) is 34.1 Å². The molecule has 5 heteroatoms. The molecule has 24 heavy (non-hydrogen) atoms. The number of carbonyl (C=O) groups excluding carboxylic acids is 1. The van der Waals surface area contributed by atoms with Crippen LogP contribution in [-0.4, -0.2) is 10.9 Å². The van der Waals surface area contributed by atoms with Gasteiger partial charge in [0.1, 0.15) is 5.82 Å². The van der Waals surface area contributed by atoms with E-state index in [4.69, 9.17) is 0 Å². The Morgan fingerprint density at radius 2 is 1.79 bits per heavy atom. The molecule has 0 atom stereocenters. The van der Waals surface area contributed by atoms with Gasteiger partial charge in [-0.15, -0.1) is 0 Å². The van der Waals surface area contributed by atoms with E-state index < -0.39 is 0 Å². The molecule has 0 saturated heterocycles. The molecular weight excluding hydrogens is 366 g/mol. The number of carbonyl (C=O) groups is 1. The number of pyridine rings is 1. The molecule has 0 saturated carbocycles. The lowest BCUT2D eigenvalue weighted by Crippen LogP contribution is -2.13. The number of aryl methyl sites for hydroxylation is 1. The summed E-state index contributed by atoms with van der Waals surface area (Å²) in [6.45, 7) is 1.96. The summed E-state index contributed by atoms with van der Waals surface area (Å²) in [6, 6.07) is 18.9. The number of amides is 1. The minimum absolute atomic E-state index is 0.162. The number of hydrogen-bond donors (Lipinski definition) is 2. The zero-order chi connectivity index (χ0) is 16.9. The van der Waals surface area contributed by atoms with Crippen LogP contribution >= 0.6 is 15.9 Å². The average Bonchev–Trinajstić information content (AvgIpc) is 2.59. The van der Waals surface area contributed by atoms with Crippen molar-refractivity contribution in [1.29, 1.82) is 0 Å². The predicted molar refractivity (Wildman–Crippen MR) is 101 cm³/mol. The first-order valence-corrected chi connectivity index (χ1v) is 8.27. The van der Waals surface area contributed by atoms with Crippen LogP contribution in [0.2, 0.25) is 0 Å². The summed E-state index contributed by atoms with van der Waals surface area (Å²) in [6.07, 6.45) is 1.62. The van der Waals surface area contributed by atoms with Crippen molar-refractivity contribution in [1.82, 2.24) is 4.98 Å². The average molecular weight is 382 g/mol. The summed E-state index contributed by atoms with van der Waals surface area (Å²) in [5.41, 5.74) is 3.28. The van der Waals surface area contributed by atoms with Crippen LogP contribution in [0.15, 0.2) is 71.3 Å². The zero-order valence-corrected chi connectivity index (χ0v) is 14.7. The summed E-state index contributed by atoms with van der Waals surface area (Å²) in [5.74, 6) is 0.459. The van der Waals surface area contributed by atoms with E-state index in [1.54, 1.807) is 18.3 Å². The highest BCUT2D eigenvalue weighted by Gasteiger charge is 2.09. The summed E-state index contributed by atoms with van der Waals surface area (Å²) in [4.78, 5) is 16.7. The first kappa shape index (κ1) is 16.2. The molecule has 2 aromatic carbocycles. The van der Waals surface area contributed by atoms with E-state index in [2.05, 4.69) is 31.5 Å². The van der Waals surface area contributed by atoms with Gasteiger partial charge in [0.25, 0.3) is 5.91 Å². The number of aromatic nitrogens is 1. The van der Waals surface area contributed by atoms with Gasteiger partial charge in [0.2, 0.25) is 0 Å². The maximum atomic E-state index is 12.4. The van der Waals surface area contributed by atoms with Crippen molar-refractivity contribution in [3.05, 3.63) is 82.5 Å². The van der Waals surface area contributed by atoms with Crippen molar-refractivity contribution < 1.29 is 4.79 Å². The van der Waals surface area contributed by atoms with Gasteiger partial charge in [-0.25, -0.2) is 4.98 Å². The molecule has 0 bridgehead atoms. The topological polar surface area (TPSA) is 54.0 Å². The van der Waals surface area contributed by atoms with Crippen LogP contribution in [0.5, 0.6) is 0 Å². The van der Waals surface area contributed by atoms with Crippen molar-refractivity contribution in [3.63, 3.8) is 0 Å². The van der Waals surface area contributed by atoms with Gasteiger partial charge >= 0.3 is 0 Å². The third kappa shape index (κ3) is 4.00. The number of halogens is 1. The zero-order valence-electron chi connectivity index (χ0n) is 13.1. The largest absolute Gasteiger partial charge is 0.340 e. The Morgan fingerprint density at radius 3 is 2.54 bits per heavy atom. The normalized spacial score (nSPS) is 10.2. The molecule has 1 aromatic heterocycles. The van der Waals surface area contributed by atoms with Gasteiger partial charge in [-0.2, -0.15) is 0 Å². The molecule has 0 aliphatic rings. The van der Waals surface area contributed by atoms with Gasteiger partial charge in [-0.05, 0) is 55.0 Å². The Hall–Kier alpha value is -2.66. The third-order valence-corrected chi connectivity index (χ3v) is 4.06. The molecule has 0 fully saturated rings. The van der Waals surface area contributed by atoms with Crippen LogP contribution in [0, 0.1) is 6.92 Å². The van der Waals surface area contributed by atoms with Crippen molar-refractivity contribution in [2.24, 2.45) is 0 Å². The molecular formula is C19H16BrN3O. The third-order valence-electron chi connectivity index (χ3n) is 3.53. The summed E-state index contributed by atoms with van der Waals surface area (Å²) in [7, 11) is 0. The Labute approximate surface area is 149 Å². The van der Waals surface area contributed by atoms with Crippen LogP contribution in [0.4, 0.5) is 17.2 Å². The highest BCUT2D eigenvalue weighted by Crippen LogP contribution is 2.19. The molecule has 0 unspecified atom stereocenters. The molecule has 2 N–H and O–H groups in total. The number of benzene rings is 2. The summed E-state index contributed by atoms with van der Waals surface area (Å²) >= 11 is 3.40. The highest BCUT2D eigenvalue weighted by molar-refractivity contribution is 9.10. The second-order valence-electron chi connectivity index (χ2n) is 5.33. The predicted octanol–water partition coefficient (Wildman–Crippen LogP) is 5.15. The Bertz CT molecular complexity index is 862. The fourth-order valence-corrected chi connectivity index (χ4v) is 2.49. The molecule has 0 aliphatic carbocycles. The molecule has 0 radical (unpaired) electrons. The van der Waals surface area contributed by atoms with E-state index in [9.17, 15) is 4.79 Å². The van der Waals surface area contributed by atoms with Crippen LogP contribution < -0.4 is 10.6 Å². The minimum atomic E-state index is -0.162. The maximum absolute atomic E-state index is 12.4. The Balaban J connectivity index is 1.76. The second-order valence-corrected chi connectivity index (χ2v) is 6.25. The van der Waals surface area contributed by atoms with E-state index in [1.807, 2.05) is 55.5 Å².